The number of anilines is 2. The number of carbonyl (C=O) groups excluding carboxylic acids is 3. The maximum Gasteiger partial charge on any atom is 0.335 e. The molecule has 3 rings (SSSR count). The molecule has 1 aliphatic heterocycles. The van der Waals surface area contributed by atoms with Gasteiger partial charge in [0.05, 0.1) is 5.69 Å². The van der Waals surface area contributed by atoms with E-state index in [0.29, 0.717) is 16.3 Å². The van der Waals surface area contributed by atoms with E-state index in [9.17, 15) is 14.4 Å². The summed E-state index contributed by atoms with van der Waals surface area (Å²) in [6.07, 6.45) is 1.46. The quantitative estimate of drug-likeness (QED) is 0.666. The van der Waals surface area contributed by atoms with Crippen LogP contribution in [0.5, 0.6) is 0 Å². The molecule has 1 fully saturated rings. The van der Waals surface area contributed by atoms with Gasteiger partial charge < -0.3 is 4.90 Å². The minimum absolute atomic E-state index is 0.114. The molecule has 0 radical (unpaired) electrons. The Labute approximate surface area is 155 Å². The van der Waals surface area contributed by atoms with Crippen molar-refractivity contribution in [3.8, 4) is 0 Å². The SMILES string of the molecule is CN(C)c1ccc(/C=C2/C(=O)NC(=O)N(c3ccc(Cl)cc3)C2=O)cc1. The van der Waals surface area contributed by atoms with E-state index in [4.69, 9.17) is 11.6 Å². The molecule has 4 amide bonds. The van der Waals surface area contributed by atoms with E-state index in [0.717, 1.165) is 10.6 Å². The zero-order valence-electron chi connectivity index (χ0n) is 14.2. The number of benzene rings is 2. The van der Waals surface area contributed by atoms with Crippen LogP contribution in [0, 0.1) is 0 Å². The van der Waals surface area contributed by atoms with E-state index in [1.54, 1.807) is 36.4 Å². The van der Waals surface area contributed by atoms with E-state index < -0.39 is 17.8 Å². The Morgan fingerprint density at radius 2 is 1.58 bits per heavy atom. The minimum atomic E-state index is -0.789. The molecule has 0 spiro atoms. The van der Waals surface area contributed by atoms with Crippen LogP contribution < -0.4 is 15.1 Å². The Balaban J connectivity index is 1.95. The summed E-state index contributed by atoms with van der Waals surface area (Å²) in [5.41, 5.74) is 1.89. The normalized spacial score (nSPS) is 16.0. The molecule has 26 heavy (non-hydrogen) atoms. The topological polar surface area (TPSA) is 69.7 Å². The molecule has 1 saturated heterocycles. The maximum absolute atomic E-state index is 12.7. The second-order valence-corrected chi connectivity index (χ2v) is 6.36. The Kier molecular flexibility index (Phi) is 4.77. The number of barbiturate groups is 1. The van der Waals surface area contributed by atoms with Gasteiger partial charge in [-0.25, -0.2) is 9.69 Å². The summed E-state index contributed by atoms with van der Waals surface area (Å²) in [6, 6.07) is 12.8. The van der Waals surface area contributed by atoms with Crippen LogP contribution in [0.2, 0.25) is 5.02 Å². The highest BCUT2D eigenvalue weighted by Crippen LogP contribution is 2.24. The lowest BCUT2D eigenvalue weighted by atomic mass is 10.1. The fourth-order valence-electron chi connectivity index (χ4n) is 2.52. The highest BCUT2D eigenvalue weighted by molar-refractivity contribution is 6.39. The van der Waals surface area contributed by atoms with Gasteiger partial charge in [-0.3, -0.25) is 14.9 Å². The molecular formula is C19H16ClN3O3. The van der Waals surface area contributed by atoms with Crippen LogP contribution in [0.25, 0.3) is 6.08 Å². The summed E-state index contributed by atoms with van der Waals surface area (Å²) in [4.78, 5) is 39.9. The van der Waals surface area contributed by atoms with Gasteiger partial charge in [-0.15, -0.1) is 0 Å². The average Bonchev–Trinajstić information content (AvgIpc) is 2.60. The number of imide groups is 2. The molecule has 1 heterocycles. The maximum atomic E-state index is 12.7. The summed E-state index contributed by atoms with van der Waals surface area (Å²) in [5.74, 6) is -1.40. The number of nitrogens with zero attached hydrogens (tertiary/aromatic N) is 2. The molecule has 7 heteroatoms. The monoisotopic (exact) mass is 369 g/mol. The van der Waals surface area contributed by atoms with Crippen molar-refractivity contribution in [3.63, 3.8) is 0 Å². The Morgan fingerprint density at radius 1 is 0.962 bits per heavy atom. The van der Waals surface area contributed by atoms with Gasteiger partial charge in [-0.2, -0.15) is 0 Å². The van der Waals surface area contributed by atoms with Gasteiger partial charge in [-0.05, 0) is 48.0 Å². The van der Waals surface area contributed by atoms with Gasteiger partial charge in [0, 0.05) is 24.8 Å². The van der Waals surface area contributed by atoms with Crippen molar-refractivity contribution in [2.45, 2.75) is 0 Å². The number of amides is 4. The number of hydrogen-bond acceptors (Lipinski definition) is 4. The molecule has 2 aromatic carbocycles. The van der Waals surface area contributed by atoms with Crippen LogP contribution in [0.15, 0.2) is 54.1 Å². The van der Waals surface area contributed by atoms with Gasteiger partial charge in [0.2, 0.25) is 0 Å². The molecule has 2 aromatic rings. The van der Waals surface area contributed by atoms with Gasteiger partial charge >= 0.3 is 6.03 Å². The summed E-state index contributed by atoms with van der Waals surface area (Å²) >= 11 is 5.84. The van der Waals surface area contributed by atoms with Crippen molar-refractivity contribution in [2.75, 3.05) is 23.9 Å². The number of urea groups is 1. The lowest BCUT2D eigenvalue weighted by molar-refractivity contribution is -0.122. The lowest BCUT2D eigenvalue weighted by Crippen LogP contribution is -2.54. The summed E-state index contributed by atoms with van der Waals surface area (Å²) in [6.45, 7) is 0. The Hall–Kier alpha value is -3.12. The molecule has 0 atom stereocenters. The second-order valence-electron chi connectivity index (χ2n) is 5.92. The predicted molar refractivity (Wildman–Crippen MR) is 101 cm³/mol. The first-order valence-electron chi connectivity index (χ1n) is 7.81. The van der Waals surface area contributed by atoms with E-state index in [-0.39, 0.29) is 5.57 Å². The fraction of sp³-hybridized carbons (Fsp3) is 0.105. The van der Waals surface area contributed by atoms with Crippen LogP contribution in [0.3, 0.4) is 0 Å². The molecule has 0 aliphatic carbocycles. The molecule has 0 aromatic heterocycles. The van der Waals surface area contributed by atoms with Crippen molar-refractivity contribution in [3.05, 3.63) is 64.7 Å². The largest absolute Gasteiger partial charge is 0.378 e. The summed E-state index contributed by atoms with van der Waals surface area (Å²) < 4.78 is 0. The van der Waals surface area contributed by atoms with Crippen molar-refractivity contribution >= 4 is 46.9 Å². The van der Waals surface area contributed by atoms with Crippen molar-refractivity contribution < 1.29 is 14.4 Å². The molecular weight excluding hydrogens is 354 g/mol. The van der Waals surface area contributed by atoms with E-state index in [2.05, 4.69) is 5.32 Å². The zero-order chi connectivity index (χ0) is 18.8. The van der Waals surface area contributed by atoms with Crippen molar-refractivity contribution in [1.82, 2.24) is 5.32 Å². The Bertz CT molecular complexity index is 903. The smallest absolute Gasteiger partial charge is 0.335 e. The summed E-state index contributed by atoms with van der Waals surface area (Å²) in [5, 5.41) is 2.67. The third kappa shape index (κ3) is 3.45. The third-order valence-corrected chi connectivity index (χ3v) is 4.16. The standard InChI is InChI=1S/C19H16ClN3O3/c1-22(2)14-7-3-12(4-8-14)11-16-17(24)21-19(26)23(18(16)25)15-9-5-13(20)6-10-15/h3-11H,1-2H3,(H,21,24,26)/b16-11-. The van der Waals surface area contributed by atoms with Crippen LogP contribution in [-0.4, -0.2) is 31.9 Å². The number of halogens is 1. The third-order valence-electron chi connectivity index (χ3n) is 3.91. The molecule has 1 aliphatic rings. The highest BCUT2D eigenvalue weighted by atomic mass is 35.5. The van der Waals surface area contributed by atoms with Gasteiger partial charge in [0.25, 0.3) is 11.8 Å². The van der Waals surface area contributed by atoms with E-state index in [1.807, 2.05) is 31.1 Å². The molecule has 0 bridgehead atoms. The first-order valence-corrected chi connectivity index (χ1v) is 8.19. The van der Waals surface area contributed by atoms with Crippen LogP contribution in [0.4, 0.5) is 16.2 Å². The number of nitrogens with one attached hydrogen (secondary N) is 1. The zero-order valence-corrected chi connectivity index (χ0v) is 14.9. The minimum Gasteiger partial charge on any atom is -0.378 e. The number of rotatable bonds is 3. The van der Waals surface area contributed by atoms with Gasteiger partial charge in [-0.1, -0.05) is 23.7 Å². The predicted octanol–water partition coefficient (Wildman–Crippen LogP) is 3.07. The first kappa shape index (κ1) is 17.7. The van der Waals surface area contributed by atoms with Crippen molar-refractivity contribution in [2.24, 2.45) is 0 Å². The second kappa shape index (κ2) is 7.01. The molecule has 0 saturated carbocycles. The summed E-state index contributed by atoms with van der Waals surface area (Å²) in [7, 11) is 3.84. The van der Waals surface area contributed by atoms with Crippen LogP contribution in [-0.2, 0) is 9.59 Å². The Morgan fingerprint density at radius 3 is 2.15 bits per heavy atom. The average molecular weight is 370 g/mol. The van der Waals surface area contributed by atoms with E-state index >= 15 is 0 Å². The molecule has 132 valence electrons. The number of carbonyl (C=O) groups is 3. The molecule has 0 unspecified atom stereocenters. The molecule has 6 nitrogen and oxygen atoms in total. The number of hydrogen-bond donors (Lipinski definition) is 1. The fourth-order valence-corrected chi connectivity index (χ4v) is 2.64. The molecule has 1 N–H and O–H groups in total. The van der Waals surface area contributed by atoms with E-state index in [1.165, 1.54) is 6.08 Å². The van der Waals surface area contributed by atoms with Gasteiger partial charge in [0.15, 0.2) is 0 Å². The highest BCUT2D eigenvalue weighted by Gasteiger charge is 2.36. The van der Waals surface area contributed by atoms with Crippen molar-refractivity contribution in [1.29, 1.82) is 0 Å². The van der Waals surface area contributed by atoms with Crippen LogP contribution >= 0.6 is 11.6 Å². The lowest BCUT2D eigenvalue weighted by Gasteiger charge is -2.26. The van der Waals surface area contributed by atoms with Gasteiger partial charge in [0.1, 0.15) is 5.57 Å². The first-order chi connectivity index (χ1) is 12.4. The van der Waals surface area contributed by atoms with Crippen LogP contribution in [0.1, 0.15) is 5.56 Å².